The third-order valence-electron chi connectivity index (χ3n) is 5.63. The SMILES string of the molecule is COc1cc(-c2cnn(C)c2)ccc1Cc1ncc2ccnc(-c3cnn(C(C)C)c3)c2n1. The molecule has 166 valence electrons. The third-order valence-corrected chi connectivity index (χ3v) is 5.63. The second kappa shape index (κ2) is 8.46. The van der Waals surface area contributed by atoms with Crippen molar-refractivity contribution in [3.8, 4) is 28.1 Å². The van der Waals surface area contributed by atoms with Crippen molar-refractivity contribution in [1.82, 2.24) is 34.5 Å². The first-order valence-electron chi connectivity index (χ1n) is 10.8. The first-order valence-corrected chi connectivity index (χ1v) is 10.8. The van der Waals surface area contributed by atoms with E-state index in [-0.39, 0.29) is 6.04 Å². The lowest BCUT2D eigenvalue weighted by Crippen LogP contribution is -2.01. The van der Waals surface area contributed by atoms with Crippen LogP contribution in [0.25, 0.3) is 33.3 Å². The van der Waals surface area contributed by atoms with Gasteiger partial charge in [-0.2, -0.15) is 10.2 Å². The van der Waals surface area contributed by atoms with E-state index in [1.54, 1.807) is 18.0 Å². The molecule has 0 spiro atoms. The lowest BCUT2D eigenvalue weighted by Gasteiger charge is -2.11. The molecule has 8 heteroatoms. The summed E-state index contributed by atoms with van der Waals surface area (Å²) in [6.45, 7) is 4.20. The van der Waals surface area contributed by atoms with Gasteiger partial charge in [0.15, 0.2) is 0 Å². The van der Waals surface area contributed by atoms with Crippen molar-refractivity contribution in [2.45, 2.75) is 26.3 Å². The van der Waals surface area contributed by atoms with E-state index in [1.807, 2.05) is 54.8 Å². The Labute approximate surface area is 191 Å². The Kier molecular flexibility index (Phi) is 5.34. The molecule has 4 aromatic heterocycles. The summed E-state index contributed by atoms with van der Waals surface area (Å²) in [7, 11) is 3.59. The fourth-order valence-corrected chi connectivity index (χ4v) is 3.84. The molecule has 1 aromatic carbocycles. The minimum Gasteiger partial charge on any atom is -0.496 e. The molecule has 4 heterocycles. The normalized spacial score (nSPS) is 11.4. The Bertz CT molecular complexity index is 1430. The van der Waals surface area contributed by atoms with E-state index in [0.29, 0.717) is 12.2 Å². The van der Waals surface area contributed by atoms with Crippen molar-refractivity contribution in [2.75, 3.05) is 7.11 Å². The van der Waals surface area contributed by atoms with Crippen LogP contribution in [-0.2, 0) is 13.5 Å². The van der Waals surface area contributed by atoms with Gasteiger partial charge in [-0.15, -0.1) is 0 Å². The van der Waals surface area contributed by atoms with Gasteiger partial charge in [0.25, 0.3) is 0 Å². The largest absolute Gasteiger partial charge is 0.496 e. The highest BCUT2D eigenvalue weighted by Crippen LogP contribution is 2.29. The molecule has 0 aliphatic carbocycles. The maximum atomic E-state index is 5.69. The highest BCUT2D eigenvalue weighted by atomic mass is 16.5. The molecule has 5 rings (SSSR count). The predicted octanol–water partition coefficient (Wildman–Crippen LogP) is 4.47. The first-order chi connectivity index (χ1) is 16.0. The third kappa shape index (κ3) is 4.07. The molecule has 0 atom stereocenters. The molecule has 0 unspecified atom stereocenters. The fourth-order valence-electron chi connectivity index (χ4n) is 3.84. The maximum absolute atomic E-state index is 5.69. The number of hydrogen-bond donors (Lipinski definition) is 0. The van der Waals surface area contributed by atoms with Gasteiger partial charge < -0.3 is 4.74 Å². The average molecular weight is 440 g/mol. The maximum Gasteiger partial charge on any atom is 0.133 e. The molecule has 0 N–H and O–H groups in total. The molecule has 0 bridgehead atoms. The zero-order valence-corrected chi connectivity index (χ0v) is 19.1. The van der Waals surface area contributed by atoms with E-state index in [4.69, 9.17) is 9.72 Å². The van der Waals surface area contributed by atoms with Gasteiger partial charge in [0.05, 0.1) is 25.2 Å². The number of ether oxygens (including phenoxy) is 1. The second-order valence-corrected chi connectivity index (χ2v) is 8.29. The monoisotopic (exact) mass is 439 g/mol. The first kappa shape index (κ1) is 20.8. The summed E-state index contributed by atoms with van der Waals surface area (Å²) in [5.41, 5.74) is 5.68. The van der Waals surface area contributed by atoms with Crippen LogP contribution in [0.1, 0.15) is 31.3 Å². The summed E-state index contributed by atoms with van der Waals surface area (Å²) in [4.78, 5) is 14.1. The molecule has 5 aromatic rings. The number of pyridine rings is 1. The fraction of sp³-hybridized carbons (Fsp3) is 0.240. The summed E-state index contributed by atoms with van der Waals surface area (Å²) in [5.74, 6) is 1.50. The number of nitrogens with zero attached hydrogens (tertiary/aromatic N) is 7. The molecule has 0 aliphatic rings. The van der Waals surface area contributed by atoms with E-state index < -0.39 is 0 Å². The van der Waals surface area contributed by atoms with Gasteiger partial charge in [-0.05, 0) is 31.5 Å². The zero-order valence-electron chi connectivity index (χ0n) is 19.1. The van der Waals surface area contributed by atoms with Crippen molar-refractivity contribution < 1.29 is 4.74 Å². The van der Waals surface area contributed by atoms with E-state index in [1.165, 1.54) is 0 Å². The van der Waals surface area contributed by atoms with Crippen molar-refractivity contribution >= 4 is 10.9 Å². The average Bonchev–Trinajstić information content (AvgIpc) is 3.48. The molecule has 0 saturated heterocycles. The van der Waals surface area contributed by atoms with Crippen molar-refractivity contribution in [3.63, 3.8) is 0 Å². The molecular weight excluding hydrogens is 414 g/mol. The number of hydrogen-bond acceptors (Lipinski definition) is 6. The number of methoxy groups -OCH3 is 1. The van der Waals surface area contributed by atoms with Crippen LogP contribution in [-0.4, -0.2) is 41.6 Å². The van der Waals surface area contributed by atoms with Gasteiger partial charge in [-0.25, -0.2) is 9.97 Å². The molecule has 0 aliphatic heterocycles. The lowest BCUT2D eigenvalue weighted by atomic mass is 10.0. The van der Waals surface area contributed by atoms with Crippen LogP contribution in [0.15, 0.2) is 61.4 Å². The topological polar surface area (TPSA) is 83.5 Å². The highest BCUT2D eigenvalue weighted by Gasteiger charge is 2.14. The minimum absolute atomic E-state index is 0.279. The Balaban J connectivity index is 1.50. The van der Waals surface area contributed by atoms with Crippen LogP contribution in [0.4, 0.5) is 0 Å². The zero-order chi connectivity index (χ0) is 22.9. The summed E-state index contributed by atoms with van der Waals surface area (Å²) in [6.07, 6.45) is 11.9. The number of aryl methyl sites for hydroxylation is 1. The summed E-state index contributed by atoms with van der Waals surface area (Å²) < 4.78 is 9.40. The molecule has 0 fully saturated rings. The summed E-state index contributed by atoms with van der Waals surface area (Å²) in [6, 6.07) is 8.37. The van der Waals surface area contributed by atoms with Crippen LogP contribution in [0, 0.1) is 0 Å². The molecular formula is C25H25N7O. The van der Waals surface area contributed by atoms with Crippen molar-refractivity contribution in [3.05, 3.63) is 72.8 Å². The second-order valence-electron chi connectivity index (χ2n) is 8.29. The van der Waals surface area contributed by atoms with Crippen LogP contribution in [0.2, 0.25) is 0 Å². The molecule has 0 amide bonds. The van der Waals surface area contributed by atoms with Gasteiger partial charge in [0.1, 0.15) is 17.1 Å². The minimum atomic E-state index is 0.279. The van der Waals surface area contributed by atoms with Gasteiger partial charge in [0, 0.05) is 66.4 Å². The summed E-state index contributed by atoms with van der Waals surface area (Å²) in [5, 5.41) is 9.66. The van der Waals surface area contributed by atoms with Crippen molar-refractivity contribution in [2.24, 2.45) is 7.05 Å². The molecule has 0 radical (unpaired) electrons. The van der Waals surface area contributed by atoms with Crippen LogP contribution in [0.3, 0.4) is 0 Å². The number of rotatable bonds is 6. The number of fused-ring (bicyclic) bond motifs is 1. The standard InChI is InChI=1S/C25H25N7O/c1-16(2)32-15-21(13-29-32)24-25-19(7-8-26-24)11-27-23(30-25)10-18-6-5-17(9-22(18)33-4)20-12-28-31(3)14-20/h5-9,11-16H,10H2,1-4H3. The van der Waals surface area contributed by atoms with E-state index in [9.17, 15) is 0 Å². The Morgan fingerprint density at radius 3 is 2.52 bits per heavy atom. The van der Waals surface area contributed by atoms with Crippen molar-refractivity contribution in [1.29, 1.82) is 0 Å². The number of benzene rings is 1. The smallest absolute Gasteiger partial charge is 0.133 e. The van der Waals surface area contributed by atoms with Gasteiger partial charge in [0.2, 0.25) is 0 Å². The van der Waals surface area contributed by atoms with Gasteiger partial charge in [-0.1, -0.05) is 12.1 Å². The Morgan fingerprint density at radius 1 is 0.939 bits per heavy atom. The predicted molar refractivity (Wildman–Crippen MR) is 127 cm³/mol. The van der Waals surface area contributed by atoms with Crippen LogP contribution >= 0.6 is 0 Å². The molecule has 0 saturated carbocycles. The number of aromatic nitrogens is 7. The Hall–Kier alpha value is -4.07. The van der Waals surface area contributed by atoms with Gasteiger partial charge >= 0.3 is 0 Å². The van der Waals surface area contributed by atoms with E-state index in [2.05, 4.69) is 46.1 Å². The van der Waals surface area contributed by atoms with Crippen LogP contribution in [0.5, 0.6) is 5.75 Å². The van der Waals surface area contributed by atoms with Gasteiger partial charge in [-0.3, -0.25) is 14.3 Å². The summed E-state index contributed by atoms with van der Waals surface area (Å²) >= 11 is 0. The highest BCUT2D eigenvalue weighted by molar-refractivity contribution is 5.90. The Morgan fingerprint density at radius 2 is 1.79 bits per heavy atom. The molecule has 33 heavy (non-hydrogen) atoms. The van der Waals surface area contributed by atoms with Crippen LogP contribution < -0.4 is 4.74 Å². The van der Waals surface area contributed by atoms with E-state index >= 15 is 0 Å². The lowest BCUT2D eigenvalue weighted by molar-refractivity contribution is 0.410. The van der Waals surface area contributed by atoms with E-state index in [0.717, 1.165) is 44.6 Å². The molecule has 8 nitrogen and oxygen atoms in total. The quantitative estimate of drug-likeness (QED) is 0.388.